The summed E-state index contributed by atoms with van der Waals surface area (Å²) in [5.41, 5.74) is 7.07. The van der Waals surface area contributed by atoms with Crippen molar-refractivity contribution >= 4 is 28.3 Å². The highest BCUT2D eigenvalue weighted by molar-refractivity contribution is 7.17. The van der Waals surface area contributed by atoms with E-state index < -0.39 is 5.91 Å². The molecule has 0 spiro atoms. The molecule has 1 aliphatic rings. The smallest absolute Gasteiger partial charge is 0.260 e. The van der Waals surface area contributed by atoms with Gasteiger partial charge < -0.3 is 5.73 Å². The molecule has 2 N–H and O–H groups in total. The third kappa shape index (κ3) is 2.74. The first-order valence-corrected chi connectivity index (χ1v) is 8.00. The van der Waals surface area contributed by atoms with Gasteiger partial charge in [-0.15, -0.1) is 0 Å². The van der Waals surface area contributed by atoms with Crippen molar-refractivity contribution in [3.63, 3.8) is 0 Å². The van der Waals surface area contributed by atoms with E-state index in [-0.39, 0.29) is 11.8 Å². The zero-order valence-electron chi connectivity index (χ0n) is 12.3. The standard InChI is InChI=1S/C16H17N3O2S/c1-10-13(14(17)20)22-16(18-10)19-8-7-12(15(19)21)9-11-5-3-2-4-6-11/h2-6,12H,7-9H2,1H3,(H2,17,20). The summed E-state index contributed by atoms with van der Waals surface area (Å²) < 4.78 is 0. The molecule has 0 saturated carbocycles. The molecule has 2 heterocycles. The van der Waals surface area contributed by atoms with Gasteiger partial charge in [-0.05, 0) is 25.3 Å². The Labute approximate surface area is 132 Å². The molecule has 2 amide bonds. The van der Waals surface area contributed by atoms with E-state index in [4.69, 9.17) is 5.73 Å². The molecule has 1 aliphatic heterocycles. The average Bonchev–Trinajstić information content (AvgIpc) is 3.04. The Morgan fingerprint density at radius 2 is 2.14 bits per heavy atom. The summed E-state index contributed by atoms with van der Waals surface area (Å²) in [4.78, 5) is 30.3. The predicted octanol–water partition coefficient (Wildman–Crippen LogP) is 2.15. The van der Waals surface area contributed by atoms with Gasteiger partial charge in [0.25, 0.3) is 5.91 Å². The fourth-order valence-corrected chi connectivity index (χ4v) is 3.69. The number of carbonyl (C=O) groups is 2. The van der Waals surface area contributed by atoms with Crippen LogP contribution in [0, 0.1) is 12.8 Å². The van der Waals surface area contributed by atoms with Crippen molar-refractivity contribution in [3.05, 3.63) is 46.5 Å². The minimum atomic E-state index is -0.492. The number of thiazole rings is 1. The van der Waals surface area contributed by atoms with E-state index in [1.807, 2.05) is 30.3 Å². The van der Waals surface area contributed by atoms with E-state index >= 15 is 0 Å². The van der Waals surface area contributed by atoms with Crippen LogP contribution in [0.1, 0.15) is 27.3 Å². The van der Waals surface area contributed by atoms with Gasteiger partial charge in [0.1, 0.15) is 4.88 Å². The zero-order chi connectivity index (χ0) is 15.7. The molecule has 3 rings (SSSR count). The third-order valence-electron chi connectivity index (χ3n) is 3.88. The largest absolute Gasteiger partial charge is 0.365 e. The molecule has 0 bridgehead atoms. The van der Waals surface area contributed by atoms with E-state index in [1.165, 1.54) is 11.3 Å². The summed E-state index contributed by atoms with van der Waals surface area (Å²) >= 11 is 1.20. The monoisotopic (exact) mass is 315 g/mol. The number of hydrogen-bond acceptors (Lipinski definition) is 4. The van der Waals surface area contributed by atoms with E-state index in [0.29, 0.717) is 22.2 Å². The lowest BCUT2D eigenvalue weighted by Gasteiger charge is -2.13. The van der Waals surface area contributed by atoms with Crippen LogP contribution in [0.15, 0.2) is 30.3 Å². The summed E-state index contributed by atoms with van der Waals surface area (Å²) in [6.45, 7) is 2.38. The molecule has 2 aromatic rings. The molecular weight excluding hydrogens is 298 g/mol. The molecule has 6 heteroatoms. The SMILES string of the molecule is Cc1nc(N2CCC(Cc3ccccc3)C2=O)sc1C(N)=O. The lowest BCUT2D eigenvalue weighted by molar-refractivity contribution is -0.120. The minimum absolute atomic E-state index is 0.0244. The molecule has 1 fully saturated rings. The van der Waals surface area contributed by atoms with Crippen molar-refractivity contribution in [3.8, 4) is 0 Å². The second kappa shape index (κ2) is 5.88. The fourth-order valence-electron chi connectivity index (χ4n) is 2.74. The van der Waals surface area contributed by atoms with Crippen LogP contribution < -0.4 is 10.6 Å². The predicted molar refractivity (Wildman–Crippen MR) is 86.0 cm³/mol. The van der Waals surface area contributed by atoms with Gasteiger partial charge in [-0.25, -0.2) is 4.98 Å². The molecule has 1 aromatic heterocycles. The lowest BCUT2D eigenvalue weighted by Crippen LogP contribution is -2.27. The van der Waals surface area contributed by atoms with Gasteiger partial charge in [-0.2, -0.15) is 0 Å². The van der Waals surface area contributed by atoms with Gasteiger partial charge >= 0.3 is 0 Å². The van der Waals surface area contributed by atoms with Gasteiger partial charge in [0.15, 0.2) is 5.13 Å². The number of aromatic nitrogens is 1. The number of primary amides is 1. The molecule has 5 nitrogen and oxygen atoms in total. The molecule has 1 unspecified atom stereocenters. The highest BCUT2D eigenvalue weighted by Gasteiger charge is 2.34. The van der Waals surface area contributed by atoms with Crippen LogP contribution in [-0.2, 0) is 11.2 Å². The molecular formula is C16H17N3O2S. The van der Waals surface area contributed by atoms with E-state index in [9.17, 15) is 9.59 Å². The Kier molecular flexibility index (Phi) is 3.94. The first-order valence-electron chi connectivity index (χ1n) is 7.19. The Morgan fingerprint density at radius 3 is 2.77 bits per heavy atom. The van der Waals surface area contributed by atoms with E-state index in [1.54, 1.807) is 11.8 Å². The first kappa shape index (κ1) is 14.7. The van der Waals surface area contributed by atoms with E-state index in [0.717, 1.165) is 18.4 Å². The number of nitrogens with two attached hydrogens (primary N) is 1. The van der Waals surface area contributed by atoms with Gasteiger partial charge in [0, 0.05) is 12.5 Å². The number of rotatable bonds is 4. The fraction of sp³-hybridized carbons (Fsp3) is 0.312. The van der Waals surface area contributed by atoms with Crippen molar-refractivity contribution in [1.29, 1.82) is 0 Å². The number of benzene rings is 1. The normalized spacial score (nSPS) is 18.0. The van der Waals surface area contributed by atoms with Crippen LogP contribution in [0.5, 0.6) is 0 Å². The van der Waals surface area contributed by atoms with E-state index in [2.05, 4.69) is 4.98 Å². The Bertz CT molecular complexity index is 711. The maximum atomic E-state index is 12.6. The molecule has 114 valence electrons. The molecule has 0 radical (unpaired) electrons. The highest BCUT2D eigenvalue weighted by atomic mass is 32.1. The third-order valence-corrected chi connectivity index (χ3v) is 5.08. The first-order chi connectivity index (χ1) is 10.6. The highest BCUT2D eigenvalue weighted by Crippen LogP contribution is 2.32. The van der Waals surface area contributed by atoms with Crippen LogP contribution >= 0.6 is 11.3 Å². The summed E-state index contributed by atoms with van der Waals surface area (Å²) in [6, 6.07) is 10.0. The number of aryl methyl sites for hydroxylation is 1. The van der Waals surface area contributed by atoms with Crippen molar-refractivity contribution in [2.24, 2.45) is 11.7 Å². The van der Waals surface area contributed by atoms with Crippen molar-refractivity contribution in [1.82, 2.24) is 4.98 Å². The van der Waals surface area contributed by atoms with Crippen LogP contribution in [0.25, 0.3) is 0 Å². The van der Waals surface area contributed by atoms with Crippen LogP contribution in [0.4, 0.5) is 5.13 Å². The van der Waals surface area contributed by atoms with Crippen LogP contribution in [0.2, 0.25) is 0 Å². The molecule has 22 heavy (non-hydrogen) atoms. The maximum Gasteiger partial charge on any atom is 0.260 e. The van der Waals surface area contributed by atoms with Gasteiger partial charge in [0.05, 0.1) is 5.69 Å². The molecule has 0 aliphatic carbocycles. The second-order valence-corrected chi connectivity index (χ2v) is 6.42. The van der Waals surface area contributed by atoms with Crippen molar-refractivity contribution in [2.75, 3.05) is 11.4 Å². The summed E-state index contributed by atoms with van der Waals surface area (Å²) in [7, 11) is 0. The molecule has 1 aromatic carbocycles. The van der Waals surface area contributed by atoms with Gasteiger partial charge in [-0.1, -0.05) is 41.7 Å². The summed E-state index contributed by atoms with van der Waals surface area (Å²) in [5.74, 6) is -0.439. The Hall–Kier alpha value is -2.21. The van der Waals surface area contributed by atoms with Crippen molar-refractivity contribution in [2.45, 2.75) is 19.8 Å². The minimum Gasteiger partial charge on any atom is -0.365 e. The number of anilines is 1. The second-order valence-electron chi connectivity index (χ2n) is 5.44. The maximum absolute atomic E-state index is 12.6. The number of nitrogens with zero attached hydrogens (tertiary/aromatic N) is 2. The average molecular weight is 315 g/mol. The number of amides is 2. The van der Waals surface area contributed by atoms with Gasteiger partial charge in [0.2, 0.25) is 5.91 Å². The zero-order valence-corrected chi connectivity index (χ0v) is 13.1. The summed E-state index contributed by atoms with van der Waals surface area (Å²) in [5, 5.41) is 0.576. The van der Waals surface area contributed by atoms with Gasteiger partial charge in [-0.3, -0.25) is 14.5 Å². The topological polar surface area (TPSA) is 76.3 Å². The van der Waals surface area contributed by atoms with Crippen LogP contribution in [0.3, 0.4) is 0 Å². The summed E-state index contributed by atoms with van der Waals surface area (Å²) in [6.07, 6.45) is 1.54. The van der Waals surface area contributed by atoms with Crippen molar-refractivity contribution < 1.29 is 9.59 Å². The molecule has 1 saturated heterocycles. The molecule has 1 atom stereocenters. The Balaban J connectivity index is 1.76. The van der Waals surface area contributed by atoms with Crippen LogP contribution in [-0.4, -0.2) is 23.3 Å². The Morgan fingerprint density at radius 1 is 1.41 bits per heavy atom. The lowest BCUT2D eigenvalue weighted by atomic mass is 9.98. The number of hydrogen-bond donors (Lipinski definition) is 1. The quantitative estimate of drug-likeness (QED) is 0.939. The number of carbonyl (C=O) groups excluding carboxylic acids is 2.